The van der Waals surface area contributed by atoms with Crippen molar-refractivity contribution in [2.24, 2.45) is 5.73 Å². The smallest absolute Gasteiger partial charge is 0.244 e. The van der Waals surface area contributed by atoms with Crippen LogP contribution in [-0.4, -0.2) is 10.2 Å². The van der Waals surface area contributed by atoms with Crippen molar-refractivity contribution in [1.29, 1.82) is 5.26 Å². The number of hydrogen-bond donors (Lipinski definition) is 2. The van der Waals surface area contributed by atoms with Crippen LogP contribution in [0, 0.1) is 17.1 Å². The van der Waals surface area contributed by atoms with Gasteiger partial charge >= 0.3 is 0 Å². The summed E-state index contributed by atoms with van der Waals surface area (Å²) in [5.41, 5.74) is 8.09. The van der Waals surface area contributed by atoms with Crippen molar-refractivity contribution in [3.63, 3.8) is 0 Å². The van der Waals surface area contributed by atoms with Gasteiger partial charge in [-0.15, -0.1) is 5.10 Å². The number of rotatable bonds is 1. The summed E-state index contributed by atoms with van der Waals surface area (Å²) in [6.07, 6.45) is 0. The zero-order chi connectivity index (χ0) is 16.8. The maximum atomic E-state index is 13.7. The molecule has 118 valence electrons. The molecule has 0 radical (unpaired) electrons. The summed E-state index contributed by atoms with van der Waals surface area (Å²) >= 11 is 0. The number of H-pyrrole nitrogens is 1. The van der Waals surface area contributed by atoms with E-state index in [-0.39, 0.29) is 22.7 Å². The molecule has 3 rings (SSSR count). The fraction of sp³-hybridized carbons (Fsp3) is 0.294. The zero-order valence-corrected chi connectivity index (χ0v) is 13.1. The quantitative estimate of drug-likeness (QED) is 0.847. The molecule has 3 N–H and O–H groups in total. The Morgan fingerprint density at radius 1 is 1.39 bits per heavy atom. The van der Waals surface area contributed by atoms with Crippen LogP contribution >= 0.6 is 0 Å². The number of aromatic nitrogens is 2. The molecular weight excluding hydrogens is 295 g/mol. The molecule has 0 fully saturated rings. The van der Waals surface area contributed by atoms with Crippen LogP contribution in [0.1, 0.15) is 43.5 Å². The lowest BCUT2D eigenvalue weighted by atomic mass is 9.79. The average Bonchev–Trinajstić information content (AvgIpc) is 2.89. The van der Waals surface area contributed by atoms with E-state index in [0.29, 0.717) is 11.4 Å². The summed E-state index contributed by atoms with van der Waals surface area (Å²) in [4.78, 5) is 0. The number of nitrogens with zero attached hydrogens (tertiary/aromatic N) is 2. The van der Waals surface area contributed by atoms with Crippen LogP contribution in [0.15, 0.2) is 35.7 Å². The van der Waals surface area contributed by atoms with Gasteiger partial charge in [0, 0.05) is 11.1 Å². The zero-order valence-electron chi connectivity index (χ0n) is 13.1. The van der Waals surface area contributed by atoms with Gasteiger partial charge < -0.3 is 10.5 Å². The molecule has 23 heavy (non-hydrogen) atoms. The highest BCUT2D eigenvalue weighted by Crippen LogP contribution is 2.45. The Morgan fingerprint density at radius 3 is 2.74 bits per heavy atom. The Balaban J connectivity index is 2.28. The number of nitrogens with one attached hydrogen (secondary N) is 1. The van der Waals surface area contributed by atoms with Gasteiger partial charge in [0.15, 0.2) is 0 Å². The minimum Gasteiger partial charge on any atom is -0.420 e. The third-order valence-electron chi connectivity index (χ3n) is 3.87. The van der Waals surface area contributed by atoms with Crippen molar-refractivity contribution < 1.29 is 9.13 Å². The summed E-state index contributed by atoms with van der Waals surface area (Å²) in [5, 5.41) is 16.7. The van der Waals surface area contributed by atoms with Gasteiger partial charge in [0.05, 0.1) is 11.5 Å². The Morgan fingerprint density at radius 2 is 2.13 bits per heavy atom. The molecule has 1 aliphatic heterocycles. The predicted octanol–water partition coefficient (Wildman–Crippen LogP) is 3.06. The van der Waals surface area contributed by atoms with Crippen molar-refractivity contribution in [2.45, 2.75) is 32.1 Å². The molecule has 1 aromatic carbocycles. The third kappa shape index (κ3) is 2.44. The summed E-state index contributed by atoms with van der Waals surface area (Å²) in [6.45, 7) is 6.07. The fourth-order valence-electron chi connectivity index (χ4n) is 2.84. The second kappa shape index (κ2) is 5.13. The highest BCUT2D eigenvalue weighted by Gasteiger charge is 2.38. The monoisotopic (exact) mass is 312 g/mol. The normalized spacial score (nSPS) is 17.4. The number of allylic oxidation sites excluding steroid dienone is 1. The van der Waals surface area contributed by atoms with Gasteiger partial charge in [0.25, 0.3) is 0 Å². The van der Waals surface area contributed by atoms with Gasteiger partial charge in [-0.1, -0.05) is 32.9 Å². The lowest BCUT2D eigenvalue weighted by Gasteiger charge is -2.27. The molecule has 0 saturated heterocycles. The van der Waals surface area contributed by atoms with Crippen LogP contribution in [0.3, 0.4) is 0 Å². The van der Waals surface area contributed by atoms with E-state index in [0.717, 1.165) is 11.3 Å². The first kappa shape index (κ1) is 15.1. The summed E-state index contributed by atoms with van der Waals surface area (Å²) in [6, 6.07) is 8.25. The molecule has 1 atom stereocenters. The Bertz CT molecular complexity index is 839. The van der Waals surface area contributed by atoms with Crippen LogP contribution in [0.4, 0.5) is 4.39 Å². The van der Waals surface area contributed by atoms with Gasteiger partial charge in [-0.2, -0.15) is 5.26 Å². The van der Waals surface area contributed by atoms with Crippen LogP contribution in [-0.2, 0) is 5.41 Å². The fourth-order valence-corrected chi connectivity index (χ4v) is 2.84. The summed E-state index contributed by atoms with van der Waals surface area (Å²) in [5.74, 6) is -0.540. The number of halogens is 1. The van der Waals surface area contributed by atoms with Crippen molar-refractivity contribution in [2.75, 3.05) is 0 Å². The molecule has 5 nitrogen and oxygen atoms in total. The Kier molecular flexibility index (Phi) is 3.37. The molecule has 2 heterocycles. The highest BCUT2D eigenvalue weighted by molar-refractivity contribution is 5.56. The van der Waals surface area contributed by atoms with E-state index in [9.17, 15) is 9.65 Å². The van der Waals surface area contributed by atoms with Crippen LogP contribution < -0.4 is 10.5 Å². The van der Waals surface area contributed by atoms with Crippen molar-refractivity contribution in [1.82, 2.24) is 10.2 Å². The molecule has 0 bridgehead atoms. The van der Waals surface area contributed by atoms with E-state index in [1.54, 1.807) is 12.1 Å². The van der Waals surface area contributed by atoms with Crippen molar-refractivity contribution in [3.8, 4) is 11.9 Å². The maximum absolute atomic E-state index is 13.7. The lowest BCUT2D eigenvalue weighted by molar-refractivity contribution is 0.378. The van der Waals surface area contributed by atoms with E-state index in [1.807, 2.05) is 20.8 Å². The van der Waals surface area contributed by atoms with E-state index in [1.165, 1.54) is 12.1 Å². The van der Waals surface area contributed by atoms with Gasteiger partial charge in [-0.3, -0.25) is 5.10 Å². The first-order valence-corrected chi connectivity index (χ1v) is 7.24. The largest absolute Gasteiger partial charge is 0.420 e. The molecule has 0 saturated carbocycles. The maximum Gasteiger partial charge on any atom is 0.244 e. The molecule has 0 amide bonds. The van der Waals surface area contributed by atoms with Crippen molar-refractivity contribution in [3.05, 3.63) is 58.4 Å². The number of benzene rings is 1. The standard InChI is InChI=1S/C17H17FN4O/c1-17(2,3)14-13-12(9-5-4-6-10(18)7-9)11(8-19)15(20)23-16(13)22-21-14/h4-7,12H,20H2,1-3H3,(H,21,22)/t12-/m1/s1. The number of aromatic amines is 1. The third-order valence-corrected chi connectivity index (χ3v) is 3.87. The predicted molar refractivity (Wildman–Crippen MR) is 83.0 cm³/mol. The molecule has 2 aromatic rings. The van der Waals surface area contributed by atoms with E-state index in [2.05, 4.69) is 16.3 Å². The molecule has 0 unspecified atom stereocenters. The molecule has 0 aliphatic carbocycles. The van der Waals surface area contributed by atoms with Crippen LogP contribution in [0.2, 0.25) is 0 Å². The first-order valence-electron chi connectivity index (χ1n) is 7.24. The molecule has 1 aliphatic rings. The highest BCUT2D eigenvalue weighted by atomic mass is 19.1. The van der Waals surface area contributed by atoms with Gasteiger partial charge in [0.2, 0.25) is 11.8 Å². The van der Waals surface area contributed by atoms with Crippen molar-refractivity contribution >= 4 is 0 Å². The van der Waals surface area contributed by atoms with Crippen LogP contribution in [0.25, 0.3) is 0 Å². The van der Waals surface area contributed by atoms with Gasteiger partial charge in [-0.05, 0) is 17.7 Å². The SMILES string of the molecule is CC(C)(C)c1[nH]nc2c1[C@H](c1cccc(F)c1)C(C#N)=C(N)O2. The Hall–Kier alpha value is -2.81. The number of ether oxygens (including phenoxy) is 1. The van der Waals surface area contributed by atoms with E-state index < -0.39 is 5.92 Å². The molecular formula is C17H17FN4O. The summed E-state index contributed by atoms with van der Waals surface area (Å²) in [7, 11) is 0. The minimum atomic E-state index is -0.507. The minimum absolute atomic E-state index is 0.00113. The number of nitrogens with two attached hydrogens (primary N) is 1. The van der Waals surface area contributed by atoms with E-state index in [4.69, 9.17) is 10.5 Å². The number of hydrogen-bond acceptors (Lipinski definition) is 4. The molecule has 0 spiro atoms. The molecule has 1 aromatic heterocycles. The first-order chi connectivity index (χ1) is 10.8. The van der Waals surface area contributed by atoms with Gasteiger partial charge in [0.1, 0.15) is 17.5 Å². The van der Waals surface area contributed by atoms with E-state index >= 15 is 0 Å². The van der Waals surface area contributed by atoms with Gasteiger partial charge in [-0.25, -0.2) is 4.39 Å². The summed E-state index contributed by atoms with van der Waals surface area (Å²) < 4.78 is 19.2. The lowest BCUT2D eigenvalue weighted by Crippen LogP contribution is -2.23. The second-order valence-corrected chi connectivity index (χ2v) is 6.55. The Labute approximate surface area is 133 Å². The molecule has 6 heteroatoms. The number of fused-ring (bicyclic) bond motifs is 1. The number of nitriles is 1. The second-order valence-electron chi connectivity index (χ2n) is 6.55. The topological polar surface area (TPSA) is 87.7 Å². The average molecular weight is 312 g/mol. The van der Waals surface area contributed by atoms with Crippen LogP contribution in [0.5, 0.6) is 5.88 Å².